The minimum absolute atomic E-state index is 0.0162. The summed E-state index contributed by atoms with van der Waals surface area (Å²) >= 11 is 0. The molecule has 2 rings (SSSR count). The number of piperazine rings is 1. The second-order valence-electron chi connectivity index (χ2n) is 6.14. The van der Waals surface area contributed by atoms with E-state index in [0.717, 1.165) is 10.5 Å². The first-order valence-electron chi connectivity index (χ1n) is 7.95. The fourth-order valence-corrected chi connectivity index (χ4v) is 2.68. The Morgan fingerprint density at radius 2 is 1.96 bits per heavy atom. The van der Waals surface area contributed by atoms with Crippen molar-refractivity contribution in [2.24, 2.45) is 11.8 Å². The first-order chi connectivity index (χ1) is 11.4. The summed E-state index contributed by atoms with van der Waals surface area (Å²) in [6.07, 6.45) is -0.0281. The molecular weight excluding hydrogens is 310 g/mol. The van der Waals surface area contributed by atoms with E-state index >= 15 is 0 Å². The van der Waals surface area contributed by atoms with Gasteiger partial charge < -0.3 is 4.74 Å². The van der Waals surface area contributed by atoms with E-state index in [1.165, 1.54) is 5.01 Å². The summed E-state index contributed by atoms with van der Waals surface area (Å²) in [5.41, 5.74) is 0.884. The third kappa shape index (κ3) is 4.39. The lowest BCUT2D eigenvalue weighted by Gasteiger charge is -2.38. The molecule has 1 fully saturated rings. The molecule has 1 aromatic rings. The summed E-state index contributed by atoms with van der Waals surface area (Å²) in [6.45, 7) is 3.89. The molecule has 7 heteroatoms. The number of nitrogens with two attached hydrogens (primary N) is 1. The monoisotopic (exact) mass is 333 g/mol. The molecule has 7 nitrogen and oxygen atoms in total. The number of benzene rings is 1. The largest absolute Gasteiger partial charge is 0.461 e. The SMILES string of the molecule is CC(C)C1C(=O)N(CCC(=O)OCc2ccccc2)C(=O)CN1N. The molecule has 1 aromatic carbocycles. The third-order valence-corrected chi connectivity index (χ3v) is 3.91. The zero-order valence-electron chi connectivity index (χ0n) is 14.0. The van der Waals surface area contributed by atoms with Crippen LogP contribution in [-0.2, 0) is 25.7 Å². The predicted octanol–water partition coefficient (Wildman–Crippen LogP) is 0.689. The summed E-state index contributed by atoms with van der Waals surface area (Å²) in [4.78, 5) is 37.4. The van der Waals surface area contributed by atoms with E-state index in [1.807, 2.05) is 44.2 Å². The van der Waals surface area contributed by atoms with Gasteiger partial charge in [-0.25, -0.2) is 5.01 Å². The molecule has 0 saturated carbocycles. The molecule has 0 radical (unpaired) electrons. The van der Waals surface area contributed by atoms with Gasteiger partial charge in [0.25, 0.3) is 0 Å². The van der Waals surface area contributed by atoms with E-state index in [2.05, 4.69) is 0 Å². The van der Waals surface area contributed by atoms with Gasteiger partial charge in [0.1, 0.15) is 12.6 Å². The van der Waals surface area contributed by atoms with Crippen molar-refractivity contribution in [3.05, 3.63) is 35.9 Å². The molecule has 0 aliphatic carbocycles. The highest BCUT2D eigenvalue weighted by Crippen LogP contribution is 2.17. The Hall–Kier alpha value is -2.25. The maximum Gasteiger partial charge on any atom is 0.307 e. The quantitative estimate of drug-likeness (QED) is 0.468. The number of rotatable bonds is 6. The first-order valence-corrected chi connectivity index (χ1v) is 7.95. The van der Waals surface area contributed by atoms with Crippen LogP contribution >= 0.6 is 0 Å². The number of amides is 2. The van der Waals surface area contributed by atoms with E-state index in [0.29, 0.717) is 0 Å². The maximum absolute atomic E-state index is 12.4. The Morgan fingerprint density at radius 3 is 2.58 bits per heavy atom. The Bertz CT molecular complexity index is 603. The molecule has 1 aliphatic heterocycles. The summed E-state index contributed by atoms with van der Waals surface area (Å²) in [5, 5.41) is 1.26. The number of imide groups is 1. The van der Waals surface area contributed by atoms with Crippen molar-refractivity contribution < 1.29 is 19.1 Å². The molecule has 2 amide bonds. The summed E-state index contributed by atoms with van der Waals surface area (Å²) in [6, 6.07) is 8.76. The van der Waals surface area contributed by atoms with E-state index < -0.39 is 17.9 Å². The number of carbonyl (C=O) groups excluding carboxylic acids is 3. The Labute approximate surface area is 141 Å². The molecule has 0 spiro atoms. The zero-order chi connectivity index (χ0) is 17.7. The number of esters is 1. The van der Waals surface area contributed by atoms with Crippen LogP contribution in [0.1, 0.15) is 25.8 Å². The van der Waals surface area contributed by atoms with Crippen LogP contribution in [0.25, 0.3) is 0 Å². The number of carbonyl (C=O) groups is 3. The topological polar surface area (TPSA) is 92.9 Å². The number of hydrazine groups is 1. The van der Waals surface area contributed by atoms with Crippen molar-refractivity contribution in [2.75, 3.05) is 13.1 Å². The summed E-state index contributed by atoms with van der Waals surface area (Å²) < 4.78 is 5.16. The van der Waals surface area contributed by atoms with Gasteiger partial charge in [-0.2, -0.15) is 0 Å². The Morgan fingerprint density at radius 1 is 1.29 bits per heavy atom. The average Bonchev–Trinajstić information content (AvgIpc) is 2.53. The van der Waals surface area contributed by atoms with Gasteiger partial charge in [0.05, 0.1) is 13.0 Å². The van der Waals surface area contributed by atoms with Gasteiger partial charge in [-0.1, -0.05) is 44.2 Å². The highest BCUT2D eigenvalue weighted by Gasteiger charge is 2.40. The van der Waals surface area contributed by atoms with Gasteiger partial charge in [0, 0.05) is 6.54 Å². The van der Waals surface area contributed by atoms with Gasteiger partial charge in [0.2, 0.25) is 11.8 Å². The standard InChI is InChI=1S/C17H23N3O4/c1-12(2)16-17(23)19(14(21)10-20(16)18)9-8-15(22)24-11-13-6-4-3-5-7-13/h3-7,12,16H,8-11,18H2,1-2H3. The van der Waals surface area contributed by atoms with Crippen molar-refractivity contribution in [2.45, 2.75) is 32.9 Å². The van der Waals surface area contributed by atoms with Gasteiger partial charge in [-0.05, 0) is 11.5 Å². The van der Waals surface area contributed by atoms with Crippen LogP contribution in [0.5, 0.6) is 0 Å². The normalized spacial score (nSPS) is 19.0. The van der Waals surface area contributed by atoms with Gasteiger partial charge >= 0.3 is 5.97 Å². The van der Waals surface area contributed by atoms with Crippen LogP contribution in [0.3, 0.4) is 0 Å². The number of nitrogens with zero attached hydrogens (tertiary/aromatic N) is 2. The molecule has 24 heavy (non-hydrogen) atoms. The lowest BCUT2D eigenvalue weighted by molar-refractivity contribution is -0.158. The van der Waals surface area contributed by atoms with Crippen LogP contribution in [0, 0.1) is 5.92 Å². The molecule has 1 aliphatic rings. The minimum Gasteiger partial charge on any atom is -0.461 e. The molecular formula is C17H23N3O4. The van der Waals surface area contributed by atoms with E-state index in [9.17, 15) is 14.4 Å². The van der Waals surface area contributed by atoms with Crippen molar-refractivity contribution in [3.8, 4) is 0 Å². The molecule has 1 atom stereocenters. The van der Waals surface area contributed by atoms with Crippen molar-refractivity contribution in [3.63, 3.8) is 0 Å². The lowest BCUT2D eigenvalue weighted by Crippen LogP contribution is -2.63. The fourth-order valence-electron chi connectivity index (χ4n) is 2.68. The molecule has 1 unspecified atom stereocenters. The molecule has 130 valence electrons. The summed E-state index contributed by atoms with van der Waals surface area (Å²) in [5.74, 6) is 4.54. The van der Waals surface area contributed by atoms with E-state index in [-0.39, 0.29) is 37.9 Å². The van der Waals surface area contributed by atoms with Crippen LogP contribution < -0.4 is 5.84 Å². The smallest absolute Gasteiger partial charge is 0.307 e. The summed E-state index contributed by atoms with van der Waals surface area (Å²) in [7, 11) is 0. The van der Waals surface area contributed by atoms with Gasteiger partial charge in [0.15, 0.2) is 0 Å². The minimum atomic E-state index is -0.553. The van der Waals surface area contributed by atoms with Crippen LogP contribution in [-0.4, -0.2) is 46.8 Å². The first kappa shape index (κ1) is 18.1. The Kier molecular flexibility index (Phi) is 6.05. The van der Waals surface area contributed by atoms with Crippen molar-refractivity contribution in [1.82, 2.24) is 9.91 Å². The van der Waals surface area contributed by atoms with Crippen molar-refractivity contribution >= 4 is 17.8 Å². The highest BCUT2D eigenvalue weighted by molar-refractivity contribution is 6.01. The molecule has 0 bridgehead atoms. The van der Waals surface area contributed by atoms with Crippen LogP contribution in [0.15, 0.2) is 30.3 Å². The fraction of sp³-hybridized carbons (Fsp3) is 0.471. The third-order valence-electron chi connectivity index (χ3n) is 3.91. The van der Waals surface area contributed by atoms with Crippen molar-refractivity contribution in [1.29, 1.82) is 0 Å². The van der Waals surface area contributed by atoms with Gasteiger partial charge in [-0.15, -0.1) is 0 Å². The molecule has 1 saturated heterocycles. The zero-order valence-corrected chi connectivity index (χ0v) is 14.0. The van der Waals surface area contributed by atoms with Crippen LogP contribution in [0.4, 0.5) is 0 Å². The van der Waals surface area contributed by atoms with Gasteiger partial charge in [-0.3, -0.25) is 25.1 Å². The maximum atomic E-state index is 12.4. The molecule has 2 N–H and O–H groups in total. The molecule has 0 aromatic heterocycles. The number of ether oxygens (including phenoxy) is 1. The second kappa shape index (κ2) is 8.03. The number of hydrogen-bond acceptors (Lipinski definition) is 6. The predicted molar refractivity (Wildman–Crippen MR) is 87.1 cm³/mol. The molecule has 1 heterocycles. The Balaban J connectivity index is 1.86. The highest BCUT2D eigenvalue weighted by atomic mass is 16.5. The van der Waals surface area contributed by atoms with E-state index in [1.54, 1.807) is 0 Å². The van der Waals surface area contributed by atoms with E-state index in [4.69, 9.17) is 10.6 Å². The second-order valence-corrected chi connectivity index (χ2v) is 6.14. The lowest BCUT2D eigenvalue weighted by atomic mass is 10.00. The number of hydrogen-bond donors (Lipinski definition) is 1. The van der Waals surface area contributed by atoms with Crippen LogP contribution in [0.2, 0.25) is 0 Å². The average molecular weight is 333 g/mol.